The molecule has 2 aromatic carbocycles. The molecule has 3 rings (SSSR count). The van der Waals surface area contributed by atoms with Gasteiger partial charge >= 0.3 is 12.4 Å². The lowest BCUT2D eigenvalue weighted by atomic mass is 9.85. The van der Waals surface area contributed by atoms with Gasteiger partial charge in [0, 0.05) is 5.54 Å². The van der Waals surface area contributed by atoms with E-state index in [-0.39, 0.29) is 6.07 Å². The summed E-state index contributed by atoms with van der Waals surface area (Å²) in [5.74, 6) is -1.07. The second-order valence-electron chi connectivity index (χ2n) is 8.77. The molecular weight excluding hydrogens is 446 g/mol. The van der Waals surface area contributed by atoms with Gasteiger partial charge in [0.05, 0.1) is 22.7 Å². The predicted molar refractivity (Wildman–Crippen MR) is 113 cm³/mol. The molecule has 0 spiro atoms. The van der Waals surface area contributed by atoms with Crippen LogP contribution in [0, 0.1) is 0 Å². The Hall–Kier alpha value is -2.55. The lowest BCUT2D eigenvalue weighted by Crippen LogP contribution is -2.55. The number of benzene rings is 2. The average Bonchev–Trinajstić information content (AvgIpc) is 2.76. The molecule has 33 heavy (non-hydrogen) atoms. The quantitative estimate of drug-likeness (QED) is 0.507. The molecule has 1 aliphatic heterocycles. The molecule has 3 nitrogen and oxygen atoms in total. The van der Waals surface area contributed by atoms with Crippen LogP contribution in [0.25, 0.3) is 0 Å². The fraction of sp³-hybridized carbons (Fsp3) is 0.458. The van der Waals surface area contributed by atoms with Crippen molar-refractivity contribution < 1.29 is 31.1 Å². The average molecular weight is 472 g/mol. The number of halogens is 6. The van der Waals surface area contributed by atoms with Gasteiger partial charge in [0.1, 0.15) is 0 Å². The van der Waals surface area contributed by atoms with E-state index in [1.54, 1.807) is 30.3 Å². The second kappa shape index (κ2) is 9.37. The second-order valence-corrected chi connectivity index (χ2v) is 8.77. The zero-order valence-electron chi connectivity index (χ0n) is 18.4. The molecule has 9 heteroatoms. The predicted octanol–water partition coefficient (Wildman–Crippen LogP) is 6.46. The lowest BCUT2D eigenvalue weighted by Gasteiger charge is -2.46. The topological polar surface area (TPSA) is 32.3 Å². The van der Waals surface area contributed by atoms with Gasteiger partial charge in [0.25, 0.3) is 5.91 Å². The number of carbonyl (C=O) groups excluding carboxylic acids is 1. The molecule has 1 saturated heterocycles. The summed E-state index contributed by atoms with van der Waals surface area (Å²) in [5, 5.41) is 2.70. The van der Waals surface area contributed by atoms with Crippen molar-refractivity contribution in [3.8, 4) is 0 Å². The molecule has 1 unspecified atom stereocenters. The lowest BCUT2D eigenvalue weighted by molar-refractivity contribution is -0.143. The highest BCUT2D eigenvalue weighted by atomic mass is 19.4. The van der Waals surface area contributed by atoms with Crippen LogP contribution in [0.1, 0.15) is 66.2 Å². The van der Waals surface area contributed by atoms with E-state index in [1.807, 2.05) is 13.8 Å². The van der Waals surface area contributed by atoms with Gasteiger partial charge in [-0.05, 0) is 63.5 Å². The van der Waals surface area contributed by atoms with E-state index in [4.69, 9.17) is 0 Å². The number of alkyl halides is 6. The Bertz CT molecular complexity index is 963. The van der Waals surface area contributed by atoms with E-state index in [1.165, 1.54) is 0 Å². The van der Waals surface area contributed by atoms with Gasteiger partial charge in [-0.2, -0.15) is 26.3 Å². The van der Waals surface area contributed by atoms with Gasteiger partial charge < -0.3 is 5.32 Å². The van der Waals surface area contributed by atoms with Crippen LogP contribution in [0.4, 0.5) is 26.3 Å². The Morgan fingerprint density at radius 2 is 1.48 bits per heavy atom. The van der Waals surface area contributed by atoms with E-state index in [0.717, 1.165) is 32.4 Å². The first-order valence-corrected chi connectivity index (χ1v) is 10.7. The van der Waals surface area contributed by atoms with Crippen molar-refractivity contribution in [3.05, 3.63) is 70.8 Å². The number of hydrogen-bond donors (Lipinski definition) is 1. The highest BCUT2D eigenvalue weighted by Gasteiger charge is 2.42. The van der Waals surface area contributed by atoms with Crippen molar-refractivity contribution in [1.82, 2.24) is 10.2 Å². The summed E-state index contributed by atoms with van der Waals surface area (Å²) in [6, 6.07) is 9.25. The smallest absolute Gasteiger partial charge is 0.343 e. The number of likely N-dealkylation sites (tertiary alicyclic amines) is 1. The van der Waals surface area contributed by atoms with Crippen molar-refractivity contribution in [2.24, 2.45) is 0 Å². The molecule has 1 amide bonds. The summed E-state index contributed by atoms with van der Waals surface area (Å²) in [4.78, 5) is 15.3. The summed E-state index contributed by atoms with van der Waals surface area (Å²) in [6.07, 6.45) is -7.07. The number of rotatable bonds is 5. The molecule has 1 heterocycles. The molecule has 0 bridgehead atoms. The van der Waals surface area contributed by atoms with Gasteiger partial charge in [0.2, 0.25) is 0 Å². The third-order valence-corrected chi connectivity index (χ3v) is 6.18. The summed E-state index contributed by atoms with van der Waals surface area (Å²) in [7, 11) is 0. The summed E-state index contributed by atoms with van der Waals surface area (Å²) >= 11 is 0. The zero-order chi connectivity index (χ0) is 24.4. The standard InChI is InChI=1S/C24H26F6N2O/c1-22(2,32-13-7-4-8-14-32)20(16-9-5-3-6-10-16)31-21(33)18-12-11-17(23(25,26)27)15-19(18)24(28,29)30/h3,5-6,9-12,15,20H,4,7-8,13-14H2,1-2H3,(H,31,33). The van der Waals surface area contributed by atoms with Crippen molar-refractivity contribution >= 4 is 5.91 Å². The Morgan fingerprint density at radius 1 is 0.879 bits per heavy atom. The van der Waals surface area contributed by atoms with Crippen LogP contribution in [0.15, 0.2) is 48.5 Å². The van der Waals surface area contributed by atoms with E-state index in [2.05, 4.69) is 10.2 Å². The number of hydrogen-bond acceptors (Lipinski definition) is 2. The Labute approximate surface area is 188 Å². The third kappa shape index (κ3) is 5.69. The molecule has 1 fully saturated rings. The maximum atomic E-state index is 13.6. The van der Waals surface area contributed by atoms with Gasteiger partial charge in [-0.3, -0.25) is 9.69 Å². The minimum absolute atomic E-state index is 0.0117. The van der Waals surface area contributed by atoms with Crippen molar-refractivity contribution in [3.63, 3.8) is 0 Å². The third-order valence-electron chi connectivity index (χ3n) is 6.18. The first-order chi connectivity index (χ1) is 15.3. The zero-order valence-corrected chi connectivity index (χ0v) is 18.4. The fourth-order valence-corrected chi connectivity index (χ4v) is 4.33. The minimum Gasteiger partial charge on any atom is -0.343 e. The van der Waals surface area contributed by atoms with E-state index >= 15 is 0 Å². The molecule has 0 saturated carbocycles. The van der Waals surface area contributed by atoms with Gasteiger partial charge in [-0.25, -0.2) is 0 Å². The Balaban J connectivity index is 2.01. The van der Waals surface area contributed by atoms with Crippen LogP contribution >= 0.6 is 0 Å². The van der Waals surface area contributed by atoms with E-state index in [9.17, 15) is 31.1 Å². The number of amides is 1. The minimum atomic E-state index is -5.13. The maximum absolute atomic E-state index is 13.6. The molecule has 2 aromatic rings. The van der Waals surface area contributed by atoms with Gasteiger partial charge in [-0.15, -0.1) is 0 Å². The number of piperidine rings is 1. The van der Waals surface area contributed by atoms with E-state index in [0.29, 0.717) is 17.7 Å². The van der Waals surface area contributed by atoms with Gasteiger partial charge in [0.15, 0.2) is 0 Å². The normalized spacial score (nSPS) is 17.0. The molecule has 1 aliphatic rings. The number of nitrogens with zero attached hydrogens (tertiary/aromatic N) is 1. The number of nitrogens with one attached hydrogen (secondary N) is 1. The molecule has 180 valence electrons. The van der Waals surface area contributed by atoms with Crippen LogP contribution in [0.5, 0.6) is 0 Å². The largest absolute Gasteiger partial charge is 0.417 e. The van der Waals surface area contributed by atoms with Crippen LogP contribution in [0.3, 0.4) is 0 Å². The SMILES string of the molecule is CC(C)(C(NC(=O)c1ccc(C(F)(F)F)cc1C(F)(F)F)c1ccccc1)N1CCCCC1. The highest BCUT2D eigenvalue weighted by molar-refractivity contribution is 5.96. The summed E-state index contributed by atoms with van der Waals surface area (Å²) < 4.78 is 79.8. The maximum Gasteiger partial charge on any atom is 0.417 e. The van der Waals surface area contributed by atoms with Crippen molar-refractivity contribution in [2.75, 3.05) is 13.1 Å². The molecule has 1 atom stereocenters. The molecule has 0 aliphatic carbocycles. The molecule has 0 aromatic heterocycles. The van der Waals surface area contributed by atoms with Crippen LogP contribution in [-0.4, -0.2) is 29.4 Å². The van der Waals surface area contributed by atoms with Crippen LogP contribution in [0.2, 0.25) is 0 Å². The Morgan fingerprint density at radius 3 is 2.03 bits per heavy atom. The van der Waals surface area contributed by atoms with Crippen LogP contribution < -0.4 is 5.32 Å². The highest BCUT2D eigenvalue weighted by Crippen LogP contribution is 2.38. The number of carbonyl (C=O) groups is 1. The van der Waals surface area contributed by atoms with Crippen molar-refractivity contribution in [2.45, 2.75) is 57.0 Å². The first kappa shape index (κ1) is 25.1. The fourth-order valence-electron chi connectivity index (χ4n) is 4.33. The molecular formula is C24H26F6N2O. The van der Waals surface area contributed by atoms with Crippen molar-refractivity contribution in [1.29, 1.82) is 0 Å². The molecule has 0 radical (unpaired) electrons. The summed E-state index contributed by atoms with van der Waals surface area (Å²) in [6.45, 7) is 5.38. The summed E-state index contributed by atoms with van der Waals surface area (Å²) in [5.41, 5.74) is -3.87. The monoisotopic (exact) mass is 472 g/mol. The molecule has 1 N–H and O–H groups in total. The van der Waals surface area contributed by atoms with Gasteiger partial charge in [-0.1, -0.05) is 36.8 Å². The first-order valence-electron chi connectivity index (χ1n) is 10.7. The van der Waals surface area contributed by atoms with Crippen LogP contribution in [-0.2, 0) is 12.4 Å². The van der Waals surface area contributed by atoms with E-state index < -0.39 is 46.5 Å². The Kier molecular flexibility index (Phi) is 7.12.